The number of carbonyl (C=O) groups is 2. The molecule has 2 rings (SSSR count). The lowest BCUT2D eigenvalue weighted by Crippen LogP contribution is -2.37. The van der Waals surface area contributed by atoms with Crippen LogP contribution in [0.3, 0.4) is 0 Å². The molecule has 0 spiro atoms. The molecule has 0 aliphatic heterocycles. The summed E-state index contributed by atoms with van der Waals surface area (Å²) in [4.78, 5) is 24.1. The first-order valence-corrected chi connectivity index (χ1v) is 10.5. The van der Waals surface area contributed by atoms with Crippen molar-refractivity contribution < 1.29 is 19.1 Å². The molecule has 2 aromatic rings. The summed E-state index contributed by atoms with van der Waals surface area (Å²) in [5, 5.41) is 5.80. The molecule has 162 valence electrons. The van der Waals surface area contributed by atoms with Crippen molar-refractivity contribution in [2.75, 3.05) is 13.1 Å². The van der Waals surface area contributed by atoms with Crippen molar-refractivity contribution in [3.05, 3.63) is 60.7 Å². The number of nitrogens with one attached hydrogen (secondary N) is 2. The Morgan fingerprint density at radius 3 is 1.40 bits per heavy atom. The third-order valence-corrected chi connectivity index (χ3v) is 4.55. The standard InChI is InChI=1S/C24H32N2O4/c1-19(29-21-13-7-5-8-14-21)23(27)25-17-11-3-4-12-18-26-24(28)20(2)30-22-15-9-6-10-16-22/h5-10,13-16,19-20H,3-4,11-12,17-18H2,1-2H3,(H,25,27)(H,26,28). The van der Waals surface area contributed by atoms with E-state index in [-0.39, 0.29) is 11.8 Å². The quantitative estimate of drug-likeness (QED) is 0.492. The van der Waals surface area contributed by atoms with Crippen molar-refractivity contribution in [3.8, 4) is 11.5 Å². The van der Waals surface area contributed by atoms with Crippen molar-refractivity contribution in [1.82, 2.24) is 10.6 Å². The van der Waals surface area contributed by atoms with Gasteiger partial charge in [0.15, 0.2) is 12.2 Å². The minimum absolute atomic E-state index is 0.112. The molecule has 0 saturated carbocycles. The number of hydrogen-bond donors (Lipinski definition) is 2. The Morgan fingerprint density at radius 1 is 0.667 bits per heavy atom. The minimum atomic E-state index is -0.525. The number of unbranched alkanes of at least 4 members (excludes halogenated alkanes) is 3. The second-order valence-corrected chi connectivity index (χ2v) is 7.14. The lowest BCUT2D eigenvalue weighted by atomic mass is 10.2. The van der Waals surface area contributed by atoms with Crippen LogP contribution in [-0.4, -0.2) is 37.1 Å². The van der Waals surface area contributed by atoms with Crippen LogP contribution in [0.1, 0.15) is 39.5 Å². The number of carbonyl (C=O) groups excluding carboxylic acids is 2. The lowest BCUT2D eigenvalue weighted by Gasteiger charge is -2.15. The van der Waals surface area contributed by atoms with Gasteiger partial charge in [-0.25, -0.2) is 0 Å². The van der Waals surface area contributed by atoms with Gasteiger partial charge in [-0.15, -0.1) is 0 Å². The molecule has 0 saturated heterocycles. The highest BCUT2D eigenvalue weighted by atomic mass is 16.5. The van der Waals surface area contributed by atoms with Gasteiger partial charge in [0, 0.05) is 13.1 Å². The van der Waals surface area contributed by atoms with Crippen LogP contribution in [0.25, 0.3) is 0 Å². The number of benzene rings is 2. The van der Waals surface area contributed by atoms with Crippen LogP contribution < -0.4 is 20.1 Å². The molecule has 0 aliphatic rings. The first kappa shape index (κ1) is 23.3. The van der Waals surface area contributed by atoms with Crippen LogP contribution in [0.4, 0.5) is 0 Å². The zero-order valence-electron chi connectivity index (χ0n) is 17.8. The molecule has 6 heteroatoms. The van der Waals surface area contributed by atoms with Gasteiger partial charge in [0.2, 0.25) is 0 Å². The molecule has 0 bridgehead atoms. The fourth-order valence-corrected chi connectivity index (χ4v) is 2.83. The van der Waals surface area contributed by atoms with Crippen LogP contribution in [-0.2, 0) is 9.59 Å². The van der Waals surface area contributed by atoms with Crippen molar-refractivity contribution in [3.63, 3.8) is 0 Å². The molecule has 0 aromatic heterocycles. The number of para-hydroxylation sites is 2. The van der Waals surface area contributed by atoms with Crippen molar-refractivity contribution in [2.24, 2.45) is 0 Å². The molecule has 2 N–H and O–H groups in total. The average molecular weight is 413 g/mol. The molecule has 0 radical (unpaired) electrons. The van der Waals surface area contributed by atoms with Crippen LogP contribution in [0, 0.1) is 0 Å². The first-order valence-electron chi connectivity index (χ1n) is 10.5. The summed E-state index contributed by atoms with van der Waals surface area (Å²) in [6, 6.07) is 18.6. The molecule has 0 heterocycles. The Labute approximate surface area is 179 Å². The first-order chi connectivity index (χ1) is 14.6. The Bertz CT molecular complexity index is 687. The van der Waals surface area contributed by atoms with Gasteiger partial charge in [-0.1, -0.05) is 49.2 Å². The topological polar surface area (TPSA) is 76.7 Å². The van der Waals surface area contributed by atoms with E-state index in [1.165, 1.54) is 0 Å². The van der Waals surface area contributed by atoms with Crippen LogP contribution >= 0.6 is 0 Å². The Hall–Kier alpha value is -3.02. The molecule has 2 unspecified atom stereocenters. The van der Waals surface area contributed by atoms with E-state index in [2.05, 4.69) is 10.6 Å². The molecule has 2 aromatic carbocycles. The van der Waals surface area contributed by atoms with Crippen LogP contribution in [0.15, 0.2) is 60.7 Å². The van der Waals surface area contributed by atoms with Gasteiger partial charge < -0.3 is 20.1 Å². The average Bonchev–Trinajstić information content (AvgIpc) is 2.76. The zero-order valence-corrected chi connectivity index (χ0v) is 17.8. The molecule has 0 fully saturated rings. The molecule has 6 nitrogen and oxygen atoms in total. The second kappa shape index (κ2) is 13.2. The summed E-state index contributed by atoms with van der Waals surface area (Å²) < 4.78 is 11.2. The highest BCUT2D eigenvalue weighted by molar-refractivity contribution is 5.81. The molecule has 2 amide bonds. The van der Waals surface area contributed by atoms with Crippen LogP contribution in [0.2, 0.25) is 0 Å². The molecular formula is C24H32N2O4. The summed E-state index contributed by atoms with van der Waals surface area (Å²) in [6.45, 7) is 4.73. The predicted molar refractivity (Wildman–Crippen MR) is 118 cm³/mol. The lowest BCUT2D eigenvalue weighted by molar-refractivity contribution is -0.128. The predicted octanol–water partition coefficient (Wildman–Crippen LogP) is 3.71. The molecule has 30 heavy (non-hydrogen) atoms. The Morgan fingerprint density at radius 2 is 1.03 bits per heavy atom. The Balaban J connectivity index is 1.47. The third-order valence-electron chi connectivity index (χ3n) is 4.55. The SMILES string of the molecule is CC(Oc1ccccc1)C(=O)NCCCCCCNC(=O)C(C)Oc1ccccc1. The Kier molecular flexibility index (Phi) is 10.3. The number of rotatable bonds is 13. The van der Waals surface area contributed by atoms with E-state index in [0.29, 0.717) is 24.6 Å². The number of ether oxygens (including phenoxy) is 2. The fourth-order valence-electron chi connectivity index (χ4n) is 2.83. The zero-order chi connectivity index (χ0) is 21.6. The van der Waals surface area contributed by atoms with E-state index in [0.717, 1.165) is 25.7 Å². The minimum Gasteiger partial charge on any atom is -0.481 e. The maximum Gasteiger partial charge on any atom is 0.260 e. The van der Waals surface area contributed by atoms with Gasteiger partial charge in [0.05, 0.1) is 0 Å². The molecule has 2 atom stereocenters. The van der Waals surface area contributed by atoms with Crippen molar-refractivity contribution in [1.29, 1.82) is 0 Å². The summed E-state index contributed by atoms with van der Waals surface area (Å²) in [7, 11) is 0. The van der Waals surface area contributed by atoms with Gasteiger partial charge in [-0.2, -0.15) is 0 Å². The largest absolute Gasteiger partial charge is 0.481 e. The van der Waals surface area contributed by atoms with E-state index in [1.807, 2.05) is 60.7 Å². The van der Waals surface area contributed by atoms with Crippen molar-refractivity contribution in [2.45, 2.75) is 51.7 Å². The monoisotopic (exact) mass is 412 g/mol. The summed E-state index contributed by atoms with van der Waals surface area (Å²) in [6.07, 6.45) is 2.71. The summed E-state index contributed by atoms with van der Waals surface area (Å²) in [5.41, 5.74) is 0. The van der Waals surface area contributed by atoms with E-state index in [4.69, 9.17) is 9.47 Å². The highest BCUT2D eigenvalue weighted by Crippen LogP contribution is 2.11. The maximum absolute atomic E-state index is 12.1. The van der Waals surface area contributed by atoms with Gasteiger partial charge in [-0.05, 0) is 51.0 Å². The van der Waals surface area contributed by atoms with Gasteiger partial charge in [0.1, 0.15) is 11.5 Å². The second-order valence-electron chi connectivity index (χ2n) is 7.14. The van der Waals surface area contributed by atoms with Gasteiger partial charge in [-0.3, -0.25) is 9.59 Å². The smallest absolute Gasteiger partial charge is 0.260 e. The highest BCUT2D eigenvalue weighted by Gasteiger charge is 2.14. The van der Waals surface area contributed by atoms with E-state index >= 15 is 0 Å². The number of hydrogen-bond acceptors (Lipinski definition) is 4. The van der Waals surface area contributed by atoms with Gasteiger partial charge in [0.25, 0.3) is 11.8 Å². The fraction of sp³-hybridized carbons (Fsp3) is 0.417. The van der Waals surface area contributed by atoms with Crippen molar-refractivity contribution >= 4 is 11.8 Å². The normalized spacial score (nSPS) is 12.5. The van der Waals surface area contributed by atoms with Gasteiger partial charge >= 0.3 is 0 Å². The van der Waals surface area contributed by atoms with E-state index < -0.39 is 12.2 Å². The van der Waals surface area contributed by atoms with E-state index in [9.17, 15) is 9.59 Å². The molecular weight excluding hydrogens is 380 g/mol. The number of amides is 2. The molecule has 0 aliphatic carbocycles. The summed E-state index contributed by atoms with van der Waals surface area (Å²) >= 11 is 0. The third kappa shape index (κ3) is 8.99. The van der Waals surface area contributed by atoms with Crippen LogP contribution in [0.5, 0.6) is 11.5 Å². The summed E-state index contributed by atoms with van der Waals surface area (Å²) in [5.74, 6) is 1.15. The van der Waals surface area contributed by atoms with E-state index in [1.54, 1.807) is 13.8 Å². The maximum atomic E-state index is 12.1.